The summed E-state index contributed by atoms with van der Waals surface area (Å²) >= 11 is 0. The number of hydrogen-bond donors (Lipinski definition) is 4. The van der Waals surface area contributed by atoms with Crippen molar-refractivity contribution in [2.24, 2.45) is 17.0 Å². The van der Waals surface area contributed by atoms with Crippen LogP contribution in [-0.4, -0.2) is 58.1 Å². The zero-order valence-electron chi connectivity index (χ0n) is 13.7. The van der Waals surface area contributed by atoms with Crippen LogP contribution in [0.5, 0.6) is 0 Å². The predicted molar refractivity (Wildman–Crippen MR) is 82.6 cm³/mol. The largest absolute Gasteiger partial charge is 0.481 e. The number of carbonyl (C=O) groups excluding carboxylic acids is 1. The van der Waals surface area contributed by atoms with Crippen molar-refractivity contribution in [1.29, 1.82) is 0 Å². The molecule has 134 valence electrons. The summed E-state index contributed by atoms with van der Waals surface area (Å²) in [5.74, 6) is -3.24. The Morgan fingerprint density at radius 2 is 2.08 bits per heavy atom. The molecule has 10 nitrogen and oxygen atoms in total. The van der Waals surface area contributed by atoms with Crippen LogP contribution in [-0.2, 0) is 14.3 Å². The van der Waals surface area contributed by atoms with Crippen LogP contribution in [0.4, 0.5) is 0 Å². The number of amides is 1. The van der Waals surface area contributed by atoms with Crippen molar-refractivity contribution in [2.75, 3.05) is 6.61 Å². The molecule has 0 bridgehead atoms. The van der Waals surface area contributed by atoms with E-state index in [1.807, 2.05) is 0 Å². The molecule has 0 spiro atoms. The van der Waals surface area contributed by atoms with Crippen LogP contribution in [0, 0.1) is 11.8 Å². The number of azide groups is 1. The molecule has 1 aliphatic rings. The summed E-state index contributed by atoms with van der Waals surface area (Å²) < 4.78 is 5.39. The second-order valence-corrected chi connectivity index (χ2v) is 5.91. The average Bonchev–Trinajstić information content (AvgIpc) is 2.54. The van der Waals surface area contributed by atoms with Gasteiger partial charge in [0, 0.05) is 16.7 Å². The first kappa shape index (κ1) is 19.8. The number of rotatable bonds is 7. The Morgan fingerprint density at radius 3 is 2.54 bits per heavy atom. The van der Waals surface area contributed by atoms with Gasteiger partial charge in [-0.3, -0.25) is 4.79 Å². The average molecular weight is 342 g/mol. The van der Waals surface area contributed by atoms with Gasteiger partial charge < -0.3 is 25.4 Å². The fourth-order valence-electron chi connectivity index (χ4n) is 2.32. The summed E-state index contributed by atoms with van der Waals surface area (Å²) in [5, 5.41) is 34.3. The topological polar surface area (TPSA) is 165 Å². The van der Waals surface area contributed by atoms with Crippen molar-refractivity contribution < 1.29 is 29.6 Å². The highest BCUT2D eigenvalue weighted by Gasteiger charge is 2.42. The molecule has 0 aliphatic carbocycles. The van der Waals surface area contributed by atoms with Gasteiger partial charge in [0.15, 0.2) is 0 Å². The van der Waals surface area contributed by atoms with E-state index in [0.29, 0.717) is 0 Å². The van der Waals surface area contributed by atoms with Gasteiger partial charge in [-0.1, -0.05) is 25.9 Å². The maximum absolute atomic E-state index is 12.0. The van der Waals surface area contributed by atoms with Crippen LogP contribution in [0.15, 0.2) is 16.9 Å². The van der Waals surface area contributed by atoms with Crippen LogP contribution < -0.4 is 5.32 Å². The highest BCUT2D eigenvalue weighted by atomic mass is 16.5. The van der Waals surface area contributed by atoms with Crippen LogP contribution in [0.1, 0.15) is 20.8 Å². The summed E-state index contributed by atoms with van der Waals surface area (Å²) in [6, 6.07) is -1.88. The van der Waals surface area contributed by atoms with Crippen LogP contribution in [0.2, 0.25) is 0 Å². The Balaban J connectivity index is 3.26. The number of aliphatic hydroxyl groups excluding tert-OH is 2. The lowest BCUT2D eigenvalue weighted by molar-refractivity contribution is -0.141. The van der Waals surface area contributed by atoms with Gasteiger partial charge in [-0.15, -0.1) is 0 Å². The molecule has 0 radical (unpaired) electrons. The molecule has 1 aliphatic heterocycles. The number of nitrogens with one attached hydrogen (secondary N) is 1. The Labute approximate surface area is 138 Å². The summed E-state index contributed by atoms with van der Waals surface area (Å²) in [6.07, 6.45) is -1.09. The second-order valence-electron chi connectivity index (χ2n) is 5.91. The molecule has 1 amide bonds. The molecule has 10 heteroatoms. The molecule has 0 saturated carbocycles. The zero-order chi connectivity index (χ0) is 18.4. The molecule has 0 fully saturated rings. The second kappa shape index (κ2) is 8.53. The van der Waals surface area contributed by atoms with Gasteiger partial charge in [0.1, 0.15) is 6.10 Å². The van der Waals surface area contributed by atoms with E-state index in [1.54, 1.807) is 13.8 Å². The van der Waals surface area contributed by atoms with Crippen molar-refractivity contribution in [1.82, 2.24) is 5.32 Å². The molecular formula is C14H22N4O6. The van der Waals surface area contributed by atoms with Gasteiger partial charge in [-0.25, -0.2) is 4.79 Å². The number of ether oxygens (including phenoxy) is 1. The van der Waals surface area contributed by atoms with Gasteiger partial charge >= 0.3 is 5.97 Å². The lowest BCUT2D eigenvalue weighted by atomic mass is 9.87. The van der Waals surface area contributed by atoms with E-state index in [-0.39, 0.29) is 11.8 Å². The predicted octanol–water partition coefficient (Wildman–Crippen LogP) is 0.163. The van der Waals surface area contributed by atoms with Crippen LogP contribution in [0.3, 0.4) is 0 Å². The standard InChI is InChI=1S/C14H22N4O6/c1-6(2)13(21)16-11-8(17-18-15)4-10(14(22)23)24-12(11)7(3)9(20)5-19/h4,6-9,11-12,19-20H,5H2,1-3H3,(H,16,21)(H,22,23)/t7-,8+,9+,11-,12?/m1/s1. The van der Waals surface area contributed by atoms with E-state index >= 15 is 0 Å². The molecule has 1 rings (SSSR count). The third-order valence-electron chi connectivity index (χ3n) is 3.85. The normalized spacial score (nSPS) is 25.8. The fourth-order valence-corrected chi connectivity index (χ4v) is 2.32. The van der Waals surface area contributed by atoms with Gasteiger partial charge in [0.2, 0.25) is 11.7 Å². The van der Waals surface area contributed by atoms with Gasteiger partial charge in [0.05, 0.1) is 24.8 Å². The molecule has 1 unspecified atom stereocenters. The first-order valence-electron chi connectivity index (χ1n) is 7.48. The molecule has 4 N–H and O–H groups in total. The SMILES string of the molecule is CC(C)C(=O)N[C@H]1C([C@H](C)[C@@H](O)CO)OC(C(=O)O)=C[C@@H]1N=[N+]=[N-]. The first-order chi connectivity index (χ1) is 11.2. The van der Waals surface area contributed by atoms with Crippen LogP contribution in [0.25, 0.3) is 10.4 Å². The van der Waals surface area contributed by atoms with Crippen molar-refractivity contribution in [3.05, 3.63) is 22.3 Å². The smallest absolute Gasteiger partial charge is 0.370 e. The lowest BCUT2D eigenvalue weighted by Gasteiger charge is -2.39. The summed E-state index contributed by atoms with van der Waals surface area (Å²) in [5.41, 5.74) is 8.72. The number of hydrogen-bond acceptors (Lipinski definition) is 6. The Hall–Kier alpha value is -2.29. The Kier molecular flexibility index (Phi) is 7.02. The number of aliphatic carboxylic acids is 1. The van der Waals surface area contributed by atoms with E-state index < -0.39 is 48.5 Å². The van der Waals surface area contributed by atoms with Crippen molar-refractivity contribution in [2.45, 2.75) is 45.1 Å². The molecular weight excluding hydrogens is 320 g/mol. The van der Waals surface area contributed by atoms with Crippen LogP contribution >= 0.6 is 0 Å². The molecule has 1 heterocycles. The number of aliphatic hydroxyl groups is 2. The fraction of sp³-hybridized carbons (Fsp3) is 0.714. The maximum Gasteiger partial charge on any atom is 0.370 e. The van der Waals surface area contributed by atoms with E-state index in [9.17, 15) is 14.7 Å². The van der Waals surface area contributed by atoms with Crippen molar-refractivity contribution >= 4 is 11.9 Å². The van der Waals surface area contributed by atoms with Crippen molar-refractivity contribution in [3.8, 4) is 0 Å². The van der Waals surface area contributed by atoms with E-state index in [0.717, 1.165) is 6.08 Å². The highest BCUT2D eigenvalue weighted by Crippen LogP contribution is 2.28. The highest BCUT2D eigenvalue weighted by molar-refractivity contribution is 5.85. The minimum atomic E-state index is -1.36. The third-order valence-corrected chi connectivity index (χ3v) is 3.85. The third kappa shape index (κ3) is 4.60. The Bertz CT molecular complexity index is 557. The monoisotopic (exact) mass is 342 g/mol. The molecule has 0 saturated heterocycles. The van der Waals surface area contributed by atoms with Gasteiger partial charge in [-0.05, 0) is 11.6 Å². The Morgan fingerprint density at radius 1 is 1.46 bits per heavy atom. The van der Waals surface area contributed by atoms with Gasteiger partial charge in [0.25, 0.3) is 0 Å². The van der Waals surface area contributed by atoms with E-state index in [4.69, 9.17) is 20.5 Å². The number of carboxylic acid groups (broad SMARTS) is 1. The molecule has 0 aromatic heterocycles. The lowest BCUT2D eigenvalue weighted by Crippen LogP contribution is -2.57. The van der Waals surface area contributed by atoms with E-state index in [2.05, 4.69) is 15.3 Å². The number of carbonyl (C=O) groups is 2. The molecule has 0 aromatic carbocycles. The summed E-state index contributed by atoms with van der Waals surface area (Å²) in [6.45, 7) is 4.31. The van der Waals surface area contributed by atoms with Crippen molar-refractivity contribution in [3.63, 3.8) is 0 Å². The summed E-state index contributed by atoms with van der Waals surface area (Å²) in [4.78, 5) is 25.9. The quantitative estimate of drug-likeness (QED) is 0.292. The first-order valence-corrected chi connectivity index (χ1v) is 7.48. The molecule has 0 aromatic rings. The molecule has 5 atom stereocenters. The number of carboxylic acids is 1. The van der Waals surface area contributed by atoms with Gasteiger partial charge in [-0.2, -0.15) is 0 Å². The minimum absolute atomic E-state index is 0.343. The van der Waals surface area contributed by atoms with E-state index in [1.165, 1.54) is 6.92 Å². The number of nitrogens with zero attached hydrogens (tertiary/aromatic N) is 3. The maximum atomic E-state index is 12.0. The minimum Gasteiger partial charge on any atom is -0.481 e. The summed E-state index contributed by atoms with van der Waals surface area (Å²) in [7, 11) is 0. The molecule has 24 heavy (non-hydrogen) atoms. The zero-order valence-corrected chi connectivity index (χ0v) is 13.7.